The van der Waals surface area contributed by atoms with Gasteiger partial charge in [0, 0.05) is 23.6 Å². The summed E-state index contributed by atoms with van der Waals surface area (Å²) in [5.74, 6) is -0.222. The SMILES string of the molecule is CCCCNC(=O)C(C)N(Cc1ccc(Br)cc1)C(=O)CN(c1ccc(C)cc1)S(=O)(=O)c1ccc(OC)c(OC)c1. The van der Waals surface area contributed by atoms with Gasteiger partial charge in [0.1, 0.15) is 12.6 Å². The average Bonchev–Trinajstić information content (AvgIpc) is 2.99. The van der Waals surface area contributed by atoms with Gasteiger partial charge in [-0.3, -0.25) is 13.9 Å². The molecule has 1 N–H and O–H groups in total. The van der Waals surface area contributed by atoms with Crippen molar-refractivity contribution in [1.82, 2.24) is 10.2 Å². The number of rotatable bonds is 14. The summed E-state index contributed by atoms with van der Waals surface area (Å²) in [6.45, 7) is 5.65. The Balaban J connectivity index is 2.03. The maximum Gasteiger partial charge on any atom is 0.264 e. The molecule has 9 nitrogen and oxygen atoms in total. The number of benzene rings is 3. The van der Waals surface area contributed by atoms with Gasteiger partial charge in [-0.1, -0.05) is 59.1 Å². The first-order chi connectivity index (χ1) is 20.0. The van der Waals surface area contributed by atoms with E-state index in [0.717, 1.165) is 32.7 Å². The number of hydrogen-bond acceptors (Lipinski definition) is 6. The van der Waals surface area contributed by atoms with Crippen LogP contribution in [0.4, 0.5) is 5.69 Å². The Labute approximate surface area is 257 Å². The van der Waals surface area contributed by atoms with E-state index in [1.54, 1.807) is 31.2 Å². The number of amides is 2. The van der Waals surface area contributed by atoms with Crippen LogP contribution >= 0.6 is 15.9 Å². The van der Waals surface area contributed by atoms with Gasteiger partial charge in [0.05, 0.1) is 24.8 Å². The van der Waals surface area contributed by atoms with Crippen LogP contribution in [0.2, 0.25) is 0 Å². The van der Waals surface area contributed by atoms with Crippen molar-refractivity contribution in [2.24, 2.45) is 0 Å². The number of hydrogen-bond donors (Lipinski definition) is 1. The van der Waals surface area contributed by atoms with Gasteiger partial charge in [0.2, 0.25) is 11.8 Å². The summed E-state index contributed by atoms with van der Waals surface area (Å²) in [7, 11) is -1.37. The zero-order valence-corrected chi connectivity index (χ0v) is 27.0. The van der Waals surface area contributed by atoms with Crippen LogP contribution in [0.25, 0.3) is 0 Å². The predicted octanol–water partition coefficient (Wildman–Crippen LogP) is 5.30. The summed E-state index contributed by atoms with van der Waals surface area (Å²) < 4.78 is 40.7. The van der Waals surface area contributed by atoms with Crippen LogP contribution in [0.3, 0.4) is 0 Å². The van der Waals surface area contributed by atoms with Crippen LogP contribution in [-0.2, 0) is 26.2 Å². The van der Waals surface area contributed by atoms with Crippen LogP contribution in [0.15, 0.2) is 76.1 Å². The largest absolute Gasteiger partial charge is 0.493 e. The molecule has 0 fully saturated rings. The molecule has 0 aliphatic heterocycles. The number of nitrogens with zero attached hydrogens (tertiary/aromatic N) is 2. The number of unbranched alkanes of at least 4 members (excludes halogenated alkanes) is 1. The molecule has 0 aliphatic carbocycles. The molecule has 226 valence electrons. The highest BCUT2D eigenvalue weighted by Crippen LogP contribution is 2.32. The van der Waals surface area contributed by atoms with E-state index in [1.165, 1.54) is 37.3 Å². The number of aryl methyl sites for hydroxylation is 1. The number of ether oxygens (including phenoxy) is 2. The molecule has 42 heavy (non-hydrogen) atoms. The van der Waals surface area contributed by atoms with Gasteiger partial charge in [-0.25, -0.2) is 8.42 Å². The fraction of sp³-hybridized carbons (Fsp3) is 0.355. The van der Waals surface area contributed by atoms with E-state index < -0.39 is 28.5 Å². The van der Waals surface area contributed by atoms with E-state index in [1.807, 2.05) is 38.1 Å². The summed E-state index contributed by atoms with van der Waals surface area (Å²) in [6.07, 6.45) is 1.72. The van der Waals surface area contributed by atoms with E-state index in [0.29, 0.717) is 18.0 Å². The van der Waals surface area contributed by atoms with Gasteiger partial charge in [-0.05, 0) is 62.2 Å². The van der Waals surface area contributed by atoms with Crippen molar-refractivity contribution in [2.45, 2.75) is 51.1 Å². The number of anilines is 1. The predicted molar refractivity (Wildman–Crippen MR) is 167 cm³/mol. The Hall–Kier alpha value is -3.57. The Morgan fingerprint density at radius 3 is 2.19 bits per heavy atom. The summed E-state index contributed by atoms with van der Waals surface area (Å²) >= 11 is 3.42. The fourth-order valence-electron chi connectivity index (χ4n) is 4.25. The van der Waals surface area contributed by atoms with Gasteiger partial charge in [-0.15, -0.1) is 0 Å². The fourth-order valence-corrected chi connectivity index (χ4v) is 5.94. The van der Waals surface area contributed by atoms with Crippen molar-refractivity contribution in [2.75, 3.05) is 31.6 Å². The zero-order chi connectivity index (χ0) is 30.9. The van der Waals surface area contributed by atoms with Crippen molar-refractivity contribution >= 4 is 43.5 Å². The second kappa shape index (κ2) is 15.1. The first-order valence-corrected chi connectivity index (χ1v) is 15.9. The summed E-state index contributed by atoms with van der Waals surface area (Å²) in [4.78, 5) is 28.5. The molecule has 0 radical (unpaired) electrons. The highest BCUT2D eigenvalue weighted by atomic mass is 79.9. The van der Waals surface area contributed by atoms with Gasteiger partial charge >= 0.3 is 0 Å². The second-order valence-corrected chi connectivity index (χ2v) is 12.6. The zero-order valence-electron chi connectivity index (χ0n) is 24.6. The topological polar surface area (TPSA) is 105 Å². The Bertz CT molecular complexity index is 1460. The van der Waals surface area contributed by atoms with E-state index in [9.17, 15) is 18.0 Å². The Morgan fingerprint density at radius 2 is 1.60 bits per heavy atom. The molecule has 2 amide bonds. The molecule has 0 heterocycles. The third kappa shape index (κ3) is 8.25. The first kappa shape index (κ1) is 32.9. The molecular formula is C31H38BrN3O6S. The van der Waals surface area contributed by atoms with Crippen LogP contribution < -0.4 is 19.1 Å². The van der Waals surface area contributed by atoms with Crippen LogP contribution in [0.1, 0.15) is 37.8 Å². The minimum absolute atomic E-state index is 0.0710. The minimum Gasteiger partial charge on any atom is -0.493 e. The number of carbonyl (C=O) groups is 2. The molecule has 3 aromatic rings. The molecular weight excluding hydrogens is 622 g/mol. The van der Waals surface area contributed by atoms with Gasteiger partial charge in [0.15, 0.2) is 11.5 Å². The average molecular weight is 661 g/mol. The summed E-state index contributed by atoms with van der Waals surface area (Å²) in [5, 5.41) is 2.89. The van der Waals surface area contributed by atoms with Crippen molar-refractivity contribution in [3.63, 3.8) is 0 Å². The van der Waals surface area contributed by atoms with Crippen LogP contribution in [0.5, 0.6) is 11.5 Å². The van der Waals surface area contributed by atoms with E-state index >= 15 is 0 Å². The third-order valence-corrected chi connectivity index (χ3v) is 9.11. The molecule has 0 aromatic heterocycles. The van der Waals surface area contributed by atoms with E-state index in [4.69, 9.17) is 9.47 Å². The summed E-state index contributed by atoms with van der Waals surface area (Å²) in [5.41, 5.74) is 2.04. The number of carbonyl (C=O) groups excluding carboxylic acids is 2. The Morgan fingerprint density at radius 1 is 0.952 bits per heavy atom. The molecule has 3 rings (SSSR count). The molecule has 0 spiro atoms. The lowest BCUT2D eigenvalue weighted by Crippen LogP contribution is -2.51. The lowest BCUT2D eigenvalue weighted by atomic mass is 10.1. The molecule has 11 heteroatoms. The van der Waals surface area contributed by atoms with Gasteiger partial charge in [-0.2, -0.15) is 0 Å². The van der Waals surface area contributed by atoms with E-state index in [2.05, 4.69) is 21.2 Å². The normalized spacial score (nSPS) is 11.9. The van der Waals surface area contributed by atoms with E-state index in [-0.39, 0.29) is 23.1 Å². The monoisotopic (exact) mass is 659 g/mol. The van der Waals surface area contributed by atoms with Crippen molar-refractivity contribution in [3.05, 3.63) is 82.3 Å². The standard InChI is InChI=1S/C31H38BrN3O6S/c1-6-7-18-33-31(37)23(3)34(20-24-10-12-25(32)13-11-24)30(36)21-35(26-14-8-22(2)9-15-26)42(38,39)27-16-17-28(40-4)29(19-27)41-5/h8-17,19,23H,6-7,18,20-21H2,1-5H3,(H,33,37). The van der Waals surface area contributed by atoms with Crippen LogP contribution in [0, 0.1) is 6.92 Å². The maximum atomic E-state index is 14.1. The van der Waals surface area contributed by atoms with Gasteiger partial charge < -0.3 is 19.7 Å². The van der Waals surface area contributed by atoms with Crippen LogP contribution in [-0.4, -0.2) is 58.5 Å². The highest BCUT2D eigenvalue weighted by Gasteiger charge is 2.33. The molecule has 1 atom stereocenters. The third-order valence-electron chi connectivity index (χ3n) is 6.81. The molecule has 1 unspecified atom stereocenters. The maximum absolute atomic E-state index is 14.1. The number of methoxy groups -OCH3 is 2. The number of sulfonamides is 1. The highest BCUT2D eigenvalue weighted by molar-refractivity contribution is 9.10. The molecule has 0 bridgehead atoms. The lowest BCUT2D eigenvalue weighted by Gasteiger charge is -2.32. The minimum atomic E-state index is -4.25. The Kier molecular flexibility index (Phi) is 11.8. The quantitative estimate of drug-likeness (QED) is 0.235. The molecule has 3 aromatic carbocycles. The molecule has 0 saturated heterocycles. The molecule has 0 aliphatic rings. The van der Waals surface area contributed by atoms with Crippen molar-refractivity contribution in [1.29, 1.82) is 0 Å². The number of nitrogens with one attached hydrogen (secondary N) is 1. The summed E-state index contributed by atoms with van der Waals surface area (Å²) in [6, 6.07) is 17.7. The smallest absolute Gasteiger partial charge is 0.264 e. The molecule has 0 saturated carbocycles. The number of halogens is 1. The van der Waals surface area contributed by atoms with Crippen molar-refractivity contribution in [3.8, 4) is 11.5 Å². The van der Waals surface area contributed by atoms with Gasteiger partial charge in [0.25, 0.3) is 10.0 Å². The lowest BCUT2D eigenvalue weighted by molar-refractivity contribution is -0.139. The first-order valence-electron chi connectivity index (χ1n) is 13.6. The second-order valence-electron chi connectivity index (χ2n) is 9.83. The van der Waals surface area contributed by atoms with Crippen molar-refractivity contribution < 1.29 is 27.5 Å².